The highest BCUT2D eigenvalue weighted by Crippen LogP contribution is 2.16. The summed E-state index contributed by atoms with van der Waals surface area (Å²) in [5.41, 5.74) is 6.38. The van der Waals surface area contributed by atoms with Gasteiger partial charge >= 0.3 is 0 Å². The fourth-order valence-corrected chi connectivity index (χ4v) is 1.58. The van der Waals surface area contributed by atoms with Gasteiger partial charge in [-0.1, -0.05) is 18.2 Å². The van der Waals surface area contributed by atoms with E-state index in [0.29, 0.717) is 6.54 Å². The summed E-state index contributed by atoms with van der Waals surface area (Å²) in [6, 6.07) is 9.38. The zero-order chi connectivity index (χ0) is 12.3. The van der Waals surface area contributed by atoms with Crippen molar-refractivity contribution < 1.29 is 9.21 Å². The highest BCUT2D eigenvalue weighted by atomic mass is 16.4. The summed E-state index contributed by atoms with van der Waals surface area (Å²) in [5.74, 6) is -0.223. The van der Waals surface area contributed by atoms with Gasteiger partial charge in [0.1, 0.15) is 6.26 Å². The first kappa shape index (κ1) is 11.2. The van der Waals surface area contributed by atoms with Crippen molar-refractivity contribution in [2.45, 2.75) is 6.92 Å². The van der Waals surface area contributed by atoms with E-state index < -0.39 is 0 Å². The molecule has 0 atom stereocenters. The van der Waals surface area contributed by atoms with E-state index in [2.05, 4.69) is 4.98 Å². The average Bonchev–Trinajstić information content (AvgIpc) is 2.78. The number of oxazole rings is 1. The maximum atomic E-state index is 12.1. The van der Waals surface area contributed by atoms with Crippen LogP contribution < -0.4 is 10.6 Å². The Morgan fingerprint density at radius 2 is 2.12 bits per heavy atom. The van der Waals surface area contributed by atoms with Crippen LogP contribution in [0.5, 0.6) is 0 Å². The van der Waals surface area contributed by atoms with E-state index >= 15 is 0 Å². The lowest BCUT2D eigenvalue weighted by molar-refractivity contribution is 0.0983. The third-order valence-corrected chi connectivity index (χ3v) is 2.37. The molecular weight excluding hydrogens is 218 g/mol. The van der Waals surface area contributed by atoms with E-state index in [1.54, 1.807) is 4.90 Å². The Balaban J connectivity index is 2.28. The Bertz CT molecular complexity index is 507. The molecule has 0 aliphatic carbocycles. The van der Waals surface area contributed by atoms with Crippen LogP contribution in [-0.4, -0.2) is 17.4 Å². The van der Waals surface area contributed by atoms with Crippen LogP contribution in [0.3, 0.4) is 0 Å². The molecule has 1 aromatic heterocycles. The smallest absolute Gasteiger partial charge is 0.292 e. The molecule has 0 aliphatic heterocycles. The fraction of sp³-hybridized carbons (Fsp3) is 0.167. The molecule has 2 rings (SSSR count). The third kappa shape index (κ3) is 2.28. The van der Waals surface area contributed by atoms with E-state index in [0.717, 1.165) is 5.69 Å². The number of hydrogen-bond acceptors (Lipinski definition) is 4. The van der Waals surface area contributed by atoms with Gasteiger partial charge in [0.2, 0.25) is 0 Å². The van der Waals surface area contributed by atoms with Crippen LogP contribution in [0.2, 0.25) is 0 Å². The van der Waals surface area contributed by atoms with Gasteiger partial charge in [-0.05, 0) is 19.1 Å². The zero-order valence-corrected chi connectivity index (χ0v) is 9.46. The normalized spacial score (nSPS) is 10.2. The van der Waals surface area contributed by atoms with Crippen molar-refractivity contribution in [3.8, 4) is 0 Å². The highest BCUT2D eigenvalue weighted by molar-refractivity contribution is 6.04. The molecule has 17 heavy (non-hydrogen) atoms. The molecule has 1 aromatic carbocycles. The maximum absolute atomic E-state index is 12.1. The lowest BCUT2D eigenvalue weighted by Gasteiger charge is -2.19. The number of nitrogen functional groups attached to an aromatic ring is 1. The van der Waals surface area contributed by atoms with Crippen LogP contribution in [0.25, 0.3) is 0 Å². The van der Waals surface area contributed by atoms with Crippen molar-refractivity contribution in [3.63, 3.8) is 0 Å². The molecule has 5 nitrogen and oxygen atoms in total. The summed E-state index contributed by atoms with van der Waals surface area (Å²) < 4.78 is 4.84. The summed E-state index contributed by atoms with van der Waals surface area (Å²) in [6.07, 6.45) is 1.27. The molecule has 1 amide bonds. The second-order valence-corrected chi connectivity index (χ2v) is 3.46. The van der Waals surface area contributed by atoms with Crippen molar-refractivity contribution >= 4 is 17.6 Å². The van der Waals surface area contributed by atoms with Crippen molar-refractivity contribution in [1.82, 2.24) is 4.98 Å². The Morgan fingerprint density at radius 1 is 1.41 bits per heavy atom. The minimum absolute atomic E-state index is 0.00235. The second-order valence-electron chi connectivity index (χ2n) is 3.46. The van der Waals surface area contributed by atoms with E-state index in [4.69, 9.17) is 10.2 Å². The van der Waals surface area contributed by atoms with Gasteiger partial charge in [0.05, 0.1) is 0 Å². The van der Waals surface area contributed by atoms with Crippen molar-refractivity contribution in [2.24, 2.45) is 0 Å². The predicted octanol–water partition coefficient (Wildman–Crippen LogP) is 1.92. The standard InChI is InChI=1S/C12H13N3O2/c1-2-15(9-6-4-3-5-7-9)11(16)10-8-17-12(13)14-10/h3-8H,2H2,1H3,(H2,13,14). The molecule has 0 spiro atoms. The lowest BCUT2D eigenvalue weighted by atomic mass is 10.2. The van der Waals surface area contributed by atoms with Crippen LogP contribution in [-0.2, 0) is 0 Å². The maximum Gasteiger partial charge on any atom is 0.292 e. The number of hydrogen-bond donors (Lipinski definition) is 1. The molecule has 88 valence electrons. The molecule has 0 bridgehead atoms. The molecule has 0 saturated carbocycles. The van der Waals surface area contributed by atoms with Crippen molar-refractivity contribution in [1.29, 1.82) is 0 Å². The SMILES string of the molecule is CCN(C(=O)c1coc(N)n1)c1ccccc1. The molecule has 0 saturated heterocycles. The molecule has 1 heterocycles. The Labute approximate surface area is 98.9 Å². The number of aromatic nitrogens is 1. The quantitative estimate of drug-likeness (QED) is 0.875. The molecule has 2 aromatic rings. The van der Waals surface area contributed by atoms with Gasteiger partial charge in [-0.25, -0.2) is 0 Å². The number of amides is 1. The largest absolute Gasteiger partial charge is 0.431 e. The number of carbonyl (C=O) groups excluding carboxylic acids is 1. The summed E-state index contributed by atoms with van der Waals surface area (Å²) in [7, 11) is 0. The second kappa shape index (κ2) is 4.69. The minimum atomic E-state index is -0.223. The molecule has 0 aliphatic rings. The number of para-hydroxylation sites is 1. The van der Waals surface area contributed by atoms with Gasteiger partial charge in [0.15, 0.2) is 5.69 Å². The van der Waals surface area contributed by atoms with E-state index in [1.807, 2.05) is 37.3 Å². The van der Waals surface area contributed by atoms with Crippen LogP contribution in [0.1, 0.15) is 17.4 Å². The monoisotopic (exact) mass is 231 g/mol. The number of benzene rings is 1. The van der Waals surface area contributed by atoms with Gasteiger partial charge < -0.3 is 15.1 Å². The van der Waals surface area contributed by atoms with Crippen LogP contribution in [0.4, 0.5) is 11.7 Å². The molecule has 0 unspecified atom stereocenters. The van der Waals surface area contributed by atoms with Gasteiger partial charge in [0, 0.05) is 12.2 Å². The van der Waals surface area contributed by atoms with Crippen LogP contribution in [0, 0.1) is 0 Å². The molecular formula is C12H13N3O2. The topological polar surface area (TPSA) is 72.4 Å². The Morgan fingerprint density at radius 3 is 2.65 bits per heavy atom. The number of rotatable bonds is 3. The molecule has 2 N–H and O–H groups in total. The average molecular weight is 231 g/mol. The van der Waals surface area contributed by atoms with Crippen molar-refractivity contribution in [2.75, 3.05) is 17.2 Å². The van der Waals surface area contributed by atoms with E-state index in [1.165, 1.54) is 6.26 Å². The Hall–Kier alpha value is -2.30. The summed E-state index contributed by atoms with van der Waals surface area (Å²) in [6.45, 7) is 2.45. The predicted molar refractivity (Wildman–Crippen MR) is 64.7 cm³/mol. The lowest BCUT2D eigenvalue weighted by Crippen LogP contribution is -2.30. The summed E-state index contributed by atoms with van der Waals surface area (Å²) in [5, 5.41) is 0. The van der Waals surface area contributed by atoms with E-state index in [9.17, 15) is 4.79 Å². The molecule has 5 heteroatoms. The molecule has 0 radical (unpaired) electrons. The first-order chi connectivity index (χ1) is 8.22. The number of anilines is 2. The number of carbonyl (C=O) groups is 1. The number of nitrogens with zero attached hydrogens (tertiary/aromatic N) is 2. The minimum Gasteiger partial charge on any atom is -0.431 e. The van der Waals surface area contributed by atoms with Gasteiger partial charge in [-0.3, -0.25) is 4.79 Å². The van der Waals surface area contributed by atoms with Gasteiger partial charge in [-0.2, -0.15) is 4.98 Å². The highest BCUT2D eigenvalue weighted by Gasteiger charge is 2.19. The first-order valence-corrected chi connectivity index (χ1v) is 5.30. The van der Waals surface area contributed by atoms with E-state index in [-0.39, 0.29) is 17.6 Å². The third-order valence-electron chi connectivity index (χ3n) is 2.37. The van der Waals surface area contributed by atoms with Crippen LogP contribution >= 0.6 is 0 Å². The Kier molecular flexibility index (Phi) is 3.09. The van der Waals surface area contributed by atoms with Crippen molar-refractivity contribution in [3.05, 3.63) is 42.3 Å². The zero-order valence-electron chi connectivity index (χ0n) is 9.46. The number of nitrogens with two attached hydrogens (primary N) is 1. The summed E-state index contributed by atoms with van der Waals surface area (Å²) >= 11 is 0. The van der Waals surface area contributed by atoms with Gasteiger partial charge in [0.25, 0.3) is 11.9 Å². The van der Waals surface area contributed by atoms with Gasteiger partial charge in [-0.15, -0.1) is 0 Å². The first-order valence-electron chi connectivity index (χ1n) is 5.30. The molecule has 0 fully saturated rings. The summed E-state index contributed by atoms with van der Waals surface area (Å²) in [4.78, 5) is 17.6. The fourth-order valence-electron chi connectivity index (χ4n) is 1.58. The van der Waals surface area contributed by atoms with Crippen LogP contribution in [0.15, 0.2) is 41.0 Å².